The molecule has 0 saturated heterocycles. The lowest BCUT2D eigenvalue weighted by molar-refractivity contribution is -0.121. The molecule has 1 unspecified atom stereocenters. The highest BCUT2D eigenvalue weighted by Gasteiger charge is 2.09. The van der Waals surface area contributed by atoms with Crippen molar-refractivity contribution in [2.24, 2.45) is 11.7 Å². The van der Waals surface area contributed by atoms with E-state index in [0.717, 1.165) is 25.8 Å². The number of rotatable bonds is 11. The van der Waals surface area contributed by atoms with Crippen molar-refractivity contribution in [1.82, 2.24) is 5.32 Å². The van der Waals surface area contributed by atoms with Crippen molar-refractivity contribution in [3.63, 3.8) is 0 Å². The van der Waals surface area contributed by atoms with Crippen LogP contribution in [0.25, 0.3) is 0 Å². The number of carbonyl (C=O) groups excluding carboxylic acids is 1. The molecule has 17 heavy (non-hydrogen) atoms. The molecule has 0 saturated carbocycles. The van der Waals surface area contributed by atoms with Gasteiger partial charge in [-0.25, -0.2) is 0 Å². The number of hydrogen-bond donors (Lipinski definition) is 2. The number of ether oxygens (including phenoxy) is 1. The quantitative estimate of drug-likeness (QED) is 0.544. The predicted octanol–water partition coefficient (Wildman–Crippen LogP) is 1.68. The number of carbonyl (C=O) groups is 1. The van der Waals surface area contributed by atoms with Crippen LogP contribution in [0.5, 0.6) is 0 Å². The Kier molecular flexibility index (Phi) is 11.4. The average Bonchev–Trinajstić information content (AvgIpc) is 2.32. The Morgan fingerprint density at radius 2 is 2.12 bits per heavy atom. The van der Waals surface area contributed by atoms with Crippen LogP contribution in [0.2, 0.25) is 0 Å². The molecule has 4 heteroatoms. The first kappa shape index (κ1) is 16.4. The van der Waals surface area contributed by atoms with E-state index in [-0.39, 0.29) is 5.91 Å². The monoisotopic (exact) mass is 244 g/mol. The van der Waals surface area contributed by atoms with E-state index >= 15 is 0 Å². The first-order valence-electron chi connectivity index (χ1n) is 6.70. The molecular formula is C13H28N2O2. The van der Waals surface area contributed by atoms with E-state index in [0.29, 0.717) is 25.5 Å². The standard InChI is InChI=1S/C13H28N2O2/c1-3-5-12(8-9-14)6-7-13(16)15-10-4-11-17-2/h12H,3-11,14H2,1-2H3,(H,15,16). The maximum Gasteiger partial charge on any atom is 0.220 e. The van der Waals surface area contributed by atoms with Crippen LogP contribution in [0.4, 0.5) is 0 Å². The summed E-state index contributed by atoms with van der Waals surface area (Å²) in [5, 5.41) is 2.91. The molecule has 0 fully saturated rings. The van der Waals surface area contributed by atoms with Gasteiger partial charge in [0.25, 0.3) is 0 Å². The van der Waals surface area contributed by atoms with Gasteiger partial charge in [0, 0.05) is 26.7 Å². The Balaban J connectivity index is 3.57. The predicted molar refractivity (Wildman–Crippen MR) is 70.8 cm³/mol. The van der Waals surface area contributed by atoms with Gasteiger partial charge in [0.15, 0.2) is 0 Å². The zero-order valence-electron chi connectivity index (χ0n) is 11.3. The zero-order valence-corrected chi connectivity index (χ0v) is 11.3. The minimum Gasteiger partial charge on any atom is -0.385 e. The number of amides is 1. The fourth-order valence-electron chi connectivity index (χ4n) is 1.94. The van der Waals surface area contributed by atoms with Gasteiger partial charge in [-0.05, 0) is 31.7 Å². The average molecular weight is 244 g/mol. The Hall–Kier alpha value is -0.610. The van der Waals surface area contributed by atoms with Crippen LogP contribution >= 0.6 is 0 Å². The van der Waals surface area contributed by atoms with Gasteiger partial charge < -0.3 is 15.8 Å². The Morgan fingerprint density at radius 1 is 1.35 bits per heavy atom. The molecule has 0 bridgehead atoms. The molecule has 0 aromatic carbocycles. The summed E-state index contributed by atoms with van der Waals surface area (Å²) in [6.07, 6.45) is 5.83. The summed E-state index contributed by atoms with van der Waals surface area (Å²) in [6.45, 7) is 4.31. The van der Waals surface area contributed by atoms with Crippen LogP contribution in [0.3, 0.4) is 0 Å². The minimum absolute atomic E-state index is 0.152. The van der Waals surface area contributed by atoms with Crippen LogP contribution in [-0.4, -0.2) is 32.7 Å². The van der Waals surface area contributed by atoms with Crippen molar-refractivity contribution >= 4 is 5.91 Å². The molecule has 0 aliphatic heterocycles. The summed E-state index contributed by atoms with van der Waals surface area (Å²) in [6, 6.07) is 0. The molecule has 0 heterocycles. The van der Waals surface area contributed by atoms with E-state index in [1.807, 2.05) is 0 Å². The van der Waals surface area contributed by atoms with Crippen LogP contribution in [0.1, 0.15) is 45.4 Å². The first-order valence-corrected chi connectivity index (χ1v) is 6.70. The summed E-state index contributed by atoms with van der Waals surface area (Å²) >= 11 is 0. The lowest BCUT2D eigenvalue weighted by atomic mass is 9.94. The van der Waals surface area contributed by atoms with E-state index in [9.17, 15) is 4.79 Å². The van der Waals surface area contributed by atoms with Gasteiger partial charge in [0.1, 0.15) is 0 Å². The van der Waals surface area contributed by atoms with Crippen molar-refractivity contribution in [2.45, 2.75) is 45.4 Å². The molecule has 0 rings (SSSR count). The van der Waals surface area contributed by atoms with E-state index in [2.05, 4.69) is 12.2 Å². The molecule has 0 aliphatic carbocycles. The number of methoxy groups -OCH3 is 1. The van der Waals surface area contributed by atoms with Crippen molar-refractivity contribution in [1.29, 1.82) is 0 Å². The highest BCUT2D eigenvalue weighted by molar-refractivity contribution is 5.75. The fraction of sp³-hybridized carbons (Fsp3) is 0.923. The van der Waals surface area contributed by atoms with Gasteiger partial charge in [-0.1, -0.05) is 19.8 Å². The lowest BCUT2D eigenvalue weighted by Gasteiger charge is -2.14. The second-order valence-corrected chi connectivity index (χ2v) is 4.47. The van der Waals surface area contributed by atoms with Gasteiger partial charge >= 0.3 is 0 Å². The molecule has 3 N–H and O–H groups in total. The highest BCUT2D eigenvalue weighted by atomic mass is 16.5. The summed E-state index contributed by atoms with van der Waals surface area (Å²) in [5.41, 5.74) is 5.57. The Bertz CT molecular complexity index is 180. The van der Waals surface area contributed by atoms with E-state index in [1.54, 1.807) is 7.11 Å². The van der Waals surface area contributed by atoms with Gasteiger partial charge in [-0.15, -0.1) is 0 Å². The van der Waals surface area contributed by atoms with Gasteiger partial charge in [-0.2, -0.15) is 0 Å². The van der Waals surface area contributed by atoms with E-state index < -0.39 is 0 Å². The second-order valence-electron chi connectivity index (χ2n) is 4.47. The van der Waals surface area contributed by atoms with E-state index in [4.69, 9.17) is 10.5 Å². The molecule has 0 aliphatic rings. The first-order chi connectivity index (χ1) is 8.24. The molecule has 4 nitrogen and oxygen atoms in total. The molecule has 0 radical (unpaired) electrons. The third-order valence-corrected chi connectivity index (χ3v) is 2.90. The molecule has 1 amide bonds. The molecule has 0 spiro atoms. The summed E-state index contributed by atoms with van der Waals surface area (Å²) in [4.78, 5) is 11.5. The lowest BCUT2D eigenvalue weighted by Crippen LogP contribution is -2.25. The van der Waals surface area contributed by atoms with Gasteiger partial charge in [0.2, 0.25) is 5.91 Å². The Morgan fingerprint density at radius 3 is 2.71 bits per heavy atom. The fourth-order valence-corrected chi connectivity index (χ4v) is 1.94. The third-order valence-electron chi connectivity index (χ3n) is 2.90. The molecule has 0 aromatic rings. The summed E-state index contributed by atoms with van der Waals surface area (Å²) in [7, 11) is 1.67. The maximum absolute atomic E-state index is 11.5. The normalized spacial score (nSPS) is 12.4. The van der Waals surface area contributed by atoms with Crippen LogP contribution < -0.4 is 11.1 Å². The van der Waals surface area contributed by atoms with Crippen molar-refractivity contribution in [3.05, 3.63) is 0 Å². The van der Waals surface area contributed by atoms with Crippen molar-refractivity contribution < 1.29 is 9.53 Å². The van der Waals surface area contributed by atoms with Crippen molar-refractivity contribution in [2.75, 3.05) is 26.8 Å². The number of hydrogen-bond acceptors (Lipinski definition) is 3. The van der Waals surface area contributed by atoms with Gasteiger partial charge in [-0.3, -0.25) is 4.79 Å². The van der Waals surface area contributed by atoms with Crippen molar-refractivity contribution in [3.8, 4) is 0 Å². The highest BCUT2D eigenvalue weighted by Crippen LogP contribution is 2.16. The number of nitrogens with one attached hydrogen (secondary N) is 1. The second kappa shape index (κ2) is 11.9. The molecule has 102 valence electrons. The molecule has 0 aromatic heterocycles. The topological polar surface area (TPSA) is 64.4 Å². The Labute approximate surface area is 105 Å². The molecular weight excluding hydrogens is 216 g/mol. The maximum atomic E-state index is 11.5. The summed E-state index contributed by atoms with van der Waals surface area (Å²) < 4.78 is 4.92. The van der Waals surface area contributed by atoms with Crippen LogP contribution in [0, 0.1) is 5.92 Å². The van der Waals surface area contributed by atoms with E-state index in [1.165, 1.54) is 12.8 Å². The van der Waals surface area contributed by atoms with Crippen LogP contribution in [0.15, 0.2) is 0 Å². The zero-order chi connectivity index (χ0) is 12.9. The third kappa shape index (κ3) is 10.3. The molecule has 1 atom stereocenters. The SMILES string of the molecule is CCCC(CCN)CCC(=O)NCCCOC. The summed E-state index contributed by atoms with van der Waals surface area (Å²) in [5.74, 6) is 0.758. The van der Waals surface area contributed by atoms with Gasteiger partial charge in [0.05, 0.1) is 0 Å². The minimum atomic E-state index is 0.152. The smallest absolute Gasteiger partial charge is 0.220 e. The number of nitrogens with two attached hydrogens (primary N) is 1. The van der Waals surface area contributed by atoms with Crippen LogP contribution in [-0.2, 0) is 9.53 Å². The largest absolute Gasteiger partial charge is 0.385 e.